The number of sulfonamides is 1. The van der Waals surface area contributed by atoms with Crippen molar-refractivity contribution in [2.45, 2.75) is 31.1 Å². The van der Waals surface area contributed by atoms with Crippen molar-refractivity contribution in [3.05, 3.63) is 114 Å². The average molecular weight is 569 g/mol. The zero-order valence-electron chi connectivity index (χ0n) is 22.8. The fraction of sp³-hybridized carbons (Fsp3) is 0.125. The van der Waals surface area contributed by atoms with Crippen LogP contribution < -0.4 is 10.0 Å². The van der Waals surface area contributed by atoms with Gasteiger partial charge in [0.25, 0.3) is 10.0 Å². The third-order valence-corrected chi connectivity index (χ3v) is 7.97. The number of aromatic amines is 1. The summed E-state index contributed by atoms with van der Waals surface area (Å²) in [5.74, 6) is -0.774. The normalized spacial score (nSPS) is 12.1. The van der Waals surface area contributed by atoms with E-state index in [0.717, 1.165) is 5.56 Å². The molecule has 0 aliphatic carbocycles. The van der Waals surface area contributed by atoms with Gasteiger partial charge in [0.05, 0.1) is 4.90 Å². The molecule has 9 heteroatoms. The van der Waals surface area contributed by atoms with E-state index in [1.54, 1.807) is 73.1 Å². The molecule has 0 aliphatic rings. The van der Waals surface area contributed by atoms with Crippen molar-refractivity contribution < 1.29 is 17.6 Å². The van der Waals surface area contributed by atoms with Crippen LogP contribution in [0.2, 0.25) is 0 Å². The van der Waals surface area contributed by atoms with E-state index in [2.05, 4.69) is 40.8 Å². The highest BCUT2D eigenvalue weighted by molar-refractivity contribution is 7.92. The van der Waals surface area contributed by atoms with Crippen LogP contribution in [0.1, 0.15) is 32.0 Å². The highest BCUT2D eigenvalue weighted by Crippen LogP contribution is 2.36. The van der Waals surface area contributed by atoms with Crippen molar-refractivity contribution in [1.29, 1.82) is 0 Å². The second kappa shape index (κ2) is 11.0. The van der Waals surface area contributed by atoms with Crippen molar-refractivity contribution in [2.24, 2.45) is 0 Å². The Hall–Kier alpha value is -4.76. The summed E-state index contributed by atoms with van der Waals surface area (Å²) in [5, 5.41) is 3.42. The van der Waals surface area contributed by atoms with Gasteiger partial charge in [-0.05, 0) is 77.2 Å². The molecule has 0 spiro atoms. The number of rotatable bonds is 7. The molecule has 0 fully saturated rings. The van der Waals surface area contributed by atoms with Crippen LogP contribution in [-0.2, 0) is 20.2 Å². The monoisotopic (exact) mass is 568 g/mol. The van der Waals surface area contributed by atoms with Gasteiger partial charge < -0.3 is 10.3 Å². The molecule has 3 N–H and O–H groups in total. The number of nitrogens with one attached hydrogen (secondary N) is 3. The fourth-order valence-corrected chi connectivity index (χ4v) is 5.53. The highest BCUT2D eigenvalue weighted by Gasteiger charge is 2.19. The van der Waals surface area contributed by atoms with Crippen LogP contribution in [0.25, 0.3) is 28.1 Å². The summed E-state index contributed by atoms with van der Waals surface area (Å²) >= 11 is 0. The third-order valence-electron chi connectivity index (χ3n) is 6.57. The molecule has 0 radical (unpaired) electrons. The number of H-pyrrole nitrogens is 1. The Kier molecular flexibility index (Phi) is 7.47. The molecule has 1 amide bonds. The lowest BCUT2D eigenvalue weighted by molar-refractivity contribution is -0.111. The van der Waals surface area contributed by atoms with E-state index in [9.17, 15) is 17.6 Å². The smallest absolute Gasteiger partial charge is 0.261 e. The first-order valence-electron chi connectivity index (χ1n) is 12.9. The number of hydrogen-bond acceptors (Lipinski definition) is 4. The van der Waals surface area contributed by atoms with Crippen LogP contribution in [0.15, 0.2) is 102 Å². The first-order valence-corrected chi connectivity index (χ1v) is 14.4. The van der Waals surface area contributed by atoms with E-state index < -0.39 is 15.8 Å². The molecule has 2 heterocycles. The summed E-state index contributed by atoms with van der Waals surface area (Å²) in [5.41, 5.74) is 4.32. The van der Waals surface area contributed by atoms with E-state index in [-0.39, 0.29) is 16.2 Å². The van der Waals surface area contributed by atoms with Crippen LogP contribution in [0.3, 0.4) is 0 Å². The van der Waals surface area contributed by atoms with Crippen molar-refractivity contribution in [2.75, 3.05) is 10.0 Å². The summed E-state index contributed by atoms with van der Waals surface area (Å²) in [6.45, 7) is 6.19. The minimum atomic E-state index is -3.86. The number of nitrogens with zero attached hydrogens (tertiary/aromatic N) is 1. The standard InChI is InChI=1S/C32H29FN4O3S/c1-32(2,3)22-7-10-26(11-8-22)41(39,40)37-25-9-12-28-27(20-25)31(21-5-4-6-23(33)19-21)29(36-28)13-14-30(38)35-24-15-17-34-18-16-24/h4-20,36-37H,1-3H3,(H,34,35,38)/b14-13+. The van der Waals surface area contributed by atoms with Gasteiger partial charge in [0.15, 0.2) is 0 Å². The lowest BCUT2D eigenvalue weighted by Crippen LogP contribution is -2.14. The maximum Gasteiger partial charge on any atom is 0.261 e. The number of carbonyl (C=O) groups is 1. The Morgan fingerprint density at radius 1 is 0.927 bits per heavy atom. The molecule has 5 aromatic rings. The molecular weight excluding hydrogens is 539 g/mol. The lowest BCUT2D eigenvalue weighted by atomic mass is 9.87. The number of fused-ring (bicyclic) bond motifs is 1. The maximum absolute atomic E-state index is 14.2. The van der Waals surface area contributed by atoms with Gasteiger partial charge in [0.1, 0.15) is 5.82 Å². The second-order valence-electron chi connectivity index (χ2n) is 10.6. The Bertz CT molecular complexity index is 1860. The summed E-state index contributed by atoms with van der Waals surface area (Å²) in [7, 11) is -3.86. The first kappa shape index (κ1) is 27.8. The number of pyridine rings is 1. The molecule has 0 bridgehead atoms. The Morgan fingerprint density at radius 2 is 1.66 bits per heavy atom. The molecule has 0 saturated carbocycles. The Labute approximate surface area is 238 Å². The minimum absolute atomic E-state index is 0.103. The number of aromatic nitrogens is 2. The van der Waals surface area contributed by atoms with E-state index in [1.807, 2.05) is 12.1 Å². The fourth-order valence-electron chi connectivity index (χ4n) is 4.48. The van der Waals surface area contributed by atoms with E-state index in [1.165, 1.54) is 18.2 Å². The van der Waals surface area contributed by atoms with Gasteiger partial charge in [-0.2, -0.15) is 0 Å². The number of benzene rings is 3. The number of anilines is 2. The van der Waals surface area contributed by atoms with Crippen LogP contribution in [0, 0.1) is 5.82 Å². The lowest BCUT2D eigenvalue weighted by Gasteiger charge is -2.19. The molecule has 0 aliphatic heterocycles. The summed E-state index contributed by atoms with van der Waals surface area (Å²) in [6, 6.07) is 21.4. The Morgan fingerprint density at radius 3 is 2.34 bits per heavy atom. The van der Waals surface area contributed by atoms with Gasteiger partial charge in [-0.15, -0.1) is 0 Å². The molecule has 3 aromatic carbocycles. The zero-order valence-corrected chi connectivity index (χ0v) is 23.6. The number of hydrogen-bond donors (Lipinski definition) is 3. The second-order valence-corrected chi connectivity index (χ2v) is 12.3. The van der Waals surface area contributed by atoms with E-state index in [0.29, 0.717) is 39.1 Å². The summed E-state index contributed by atoms with van der Waals surface area (Å²) < 4.78 is 43.3. The van der Waals surface area contributed by atoms with Crippen LogP contribution in [-0.4, -0.2) is 24.3 Å². The molecule has 2 aromatic heterocycles. The predicted molar refractivity (Wildman–Crippen MR) is 162 cm³/mol. The molecule has 41 heavy (non-hydrogen) atoms. The molecule has 5 rings (SSSR count). The molecule has 0 unspecified atom stereocenters. The van der Waals surface area contributed by atoms with Crippen LogP contribution in [0.5, 0.6) is 0 Å². The number of halogens is 1. The van der Waals surface area contributed by atoms with E-state index >= 15 is 0 Å². The average Bonchev–Trinajstić information content (AvgIpc) is 3.29. The summed E-state index contributed by atoms with van der Waals surface area (Å²) in [6.07, 6.45) is 6.13. The topological polar surface area (TPSA) is 104 Å². The largest absolute Gasteiger partial charge is 0.354 e. The van der Waals surface area contributed by atoms with Crippen molar-refractivity contribution in [3.8, 4) is 11.1 Å². The highest BCUT2D eigenvalue weighted by atomic mass is 32.2. The van der Waals surface area contributed by atoms with Gasteiger partial charge in [-0.3, -0.25) is 14.5 Å². The maximum atomic E-state index is 14.2. The van der Waals surface area contributed by atoms with Gasteiger partial charge >= 0.3 is 0 Å². The quantitative estimate of drug-likeness (QED) is 0.182. The SMILES string of the molecule is CC(C)(C)c1ccc(S(=O)(=O)Nc2ccc3[nH]c(/C=C/C(=O)Nc4ccncc4)c(-c4cccc(F)c4)c3c2)cc1. The van der Waals surface area contributed by atoms with Gasteiger partial charge in [0.2, 0.25) is 5.91 Å². The molecule has 0 saturated heterocycles. The Balaban J connectivity index is 1.50. The van der Waals surface area contributed by atoms with Crippen molar-refractivity contribution >= 4 is 44.3 Å². The van der Waals surface area contributed by atoms with Crippen LogP contribution >= 0.6 is 0 Å². The van der Waals surface area contributed by atoms with Crippen molar-refractivity contribution in [1.82, 2.24) is 9.97 Å². The summed E-state index contributed by atoms with van der Waals surface area (Å²) in [4.78, 5) is 19.9. The number of carbonyl (C=O) groups excluding carboxylic acids is 1. The van der Waals surface area contributed by atoms with Gasteiger partial charge in [-0.1, -0.05) is 45.0 Å². The van der Waals surface area contributed by atoms with Crippen LogP contribution in [0.4, 0.5) is 15.8 Å². The van der Waals surface area contributed by atoms with Gasteiger partial charge in [-0.25, -0.2) is 12.8 Å². The third kappa shape index (κ3) is 6.36. The van der Waals surface area contributed by atoms with E-state index in [4.69, 9.17) is 0 Å². The van der Waals surface area contributed by atoms with Crippen molar-refractivity contribution in [3.63, 3.8) is 0 Å². The number of amides is 1. The van der Waals surface area contributed by atoms with Gasteiger partial charge in [0, 0.05) is 52.0 Å². The predicted octanol–water partition coefficient (Wildman–Crippen LogP) is 7.12. The zero-order chi connectivity index (χ0) is 29.2. The molecule has 7 nitrogen and oxygen atoms in total. The first-order chi connectivity index (χ1) is 19.5. The molecule has 0 atom stereocenters. The molecule has 208 valence electrons. The minimum Gasteiger partial charge on any atom is -0.354 e. The molecular formula is C32H29FN4O3S.